The Morgan fingerprint density at radius 1 is 1.23 bits per heavy atom. The van der Waals surface area contributed by atoms with Crippen LogP contribution in [0.2, 0.25) is 5.02 Å². The van der Waals surface area contributed by atoms with E-state index in [0.29, 0.717) is 11.6 Å². The Balaban J connectivity index is 1.57. The Bertz CT molecular complexity index is 684. The standard InChI is InChI=1S/C20H25ClN2O2S/c1-15(26-17-9-7-16(21)8-10-17)20(24)22-14-18(19-6-5-13-25-19)23-11-3-2-4-12-23/h5-10,13,15,18H,2-4,11-12,14H2,1H3,(H,22,24)/t15-,18+/m0/s1. The molecule has 1 fully saturated rings. The van der Waals surface area contributed by atoms with Crippen molar-refractivity contribution < 1.29 is 9.21 Å². The molecule has 6 heteroatoms. The van der Waals surface area contributed by atoms with Crippen molar-refractivity contribution in [3.05, 3.63) is 53.4 Å². The normalized spacial score (nSPS) is 17.6. The maximum atomic E-state index is 12.6. The summed E-state index contributed by atoms with van der Waals surface area (Å²) in [5.74, 6) is 0.962. The maximum Gasteiger partial charge on any atom is 0.233 e. The van der Waals surface area contributed by atoms with Crippen LogP contribution in [-0.4, -0.2) is 35.7 Å². The third-order valence-corrected chi connectivity index (χ3v) is 6.03. The van der Waals surface area contributed by atoms with Crippen LogP contribution in [0.4, 0.5) is 0 Å². The van der Waals surface area contributed by atoms with Gasteiger partial charge < -0.3 is 9.73 Å². The smallest absolute Gasteiger partial charge is 0.233 e. The Morgan fingerprint density at radius 3 is 2.62 bits per heavy atom. The van der Waals surface area contributed by atoms with E-state index in [1.165, 1.54) is 31.0 Å². The van der Waals surface area contributed by atoms with Crippen LogP contribution >= 0.6 is 23.4 Å². The van der Waals surface area contributed by atoms with Gasteiger partial charge in [-0.3, -0.25) is 9.69 Å². The van der Waals surface area contributed by atoms with Gasteiger partial charge in [0.2, 0.25) is 5.91 Å². The second-order valence-electron chi connectivity index (χ2n) is 6.59. The molecule has 0 aliphatic carbocycles. The Hall–Kier alpha value is -1.43. The van der Waals surface area contributed by atoms with Gasteiger partial charge in [-0.1, -0.05) is 18.0 Å². The van der Waals surface area contributed by atoms with Crippen molar-refractivity contribution in [2.24, 2.45) is 0 Å². The minimum absolute atomic E-state index is 0.0403. The number of carbonyl (C=O) groups is 1. The first-order valence-electron chi connectivity index (χ1n) is 9.11. The number of thioether (sulfide) groups is 1. The second-order valence-corrected chi connectivity index (χ2v) is 8.44. The third-order valence-electron chi connectivity index (χ3n) is 4.67. The lowest BCUT2D eigenvalue weighted by molar-refractivity contribution is -0.120. The lowest BCUT2D eigenvalue weighted by Gasteiger charge is -2.33. The highest BCUT2D eigenvalue weighted by Crippen LogP contribution is 2.26. The lowest BCUT2D eigenvalue weighted by atomic mass is 10.1. The van der Waals surface area contributed by atoms with Crippen LogP contribution in [0, 0.1) is 0 Å². The highest BCUT2D eigenvalue weighted by molar-refractivity contribution is 8.00. The summed E-state index contributed by atoms with van der Waals surface area (Å²) < 4.78 is 5.64. The zero-order chi connectivity index (χ0) is 18.4. The van der Waals surface area contributed by atoms with E-state index in [4.69, 9.17) is 16.0 Å². The number of hydrogen-bond donors (Lipinski definition) is 1. The number of halogens is 1. The van der Waals surface area contributed by atoms with Crippen molar-refractivity contribution in [3.8, 4) is 0 Å². The van der Waals surface area contributed by atoms with E-state index < -0.39 is 0 Å². The summed E-state index contributed by atoms with van der Waals surface area (Å²) in [5.41, 5.74) is 0. The van der Waals surface area contributed by atoms with Crippen LogP contribution in [0.5, 0.6) is 0 Å². The lowest BCUT2D eigenvalue weighted by Crippen LogP contribution is -2.42. The van der Waals surface area contributed by atoms with E-state index in [1.54, 1.807) is 6.26 Å². The van der Waals surface area contributed by atoms with Crippen LogP contribution in [0.25, 0.3) is 0 Å². The minimum Gasteiger partial charge on any atom is -0.468 e. The van der Waals surface area contributed by atoms with Gasteiger partial charge in [0, 0.05) is 16.5 Å². The molecule has 0 bridgehead atoms. The molecule has 140 valence electrons. The molecule has 26 heavy (non-hydrogen) atoms. The fourth-order valence-corrected chi connectivity index (χ4v) is 4.25. The molecule has 2 atom stereocenters. The molecule has 0 radical (unpaired) electrons. The molecule has 1 aromatic heterocycles. The predicted octanol–water partition coefficient (Wildman–Crippen LogP) is 4.76. The highest BCUT2D eigenvalue weighted by atomic mass is 35.5. The number of rotatable bonds is 7. The number of likely N-dealkylation sites (tertiary alicyclic amines) is 1. The van der Waals surface area contributed by atoms with Gasteiger partial charge >= 0.3 is 0 Å². The van der Waals surface area contributed by atoms with E-state index in [9.17, 15) is 4.79 Å². The maximum absolute atomic E-state index is 12.6. The van der Waals surface area contributed by atoms with E-state index in [0.717, 1.165) is 23.7 Å². The summed E-state index contributed by atoms with van der Waals surface area (Å²) >= 11 is 7.45. The number of carbonyl (C=O) groups excluding carboxylic acids is 1. The molecule has 1 aromatic carbocycles. The summed E-state index contributed by atoms with van der Waals surface area (Å²) in [6.45, 7) is 4.60. The van der Waals surface area contributed by atoms with Crippen molar-refractivity contribution in [1.29, 1.82) is 0 Å². The molecule has 0 saturated carbocycles. The van der Waals surface area contributed by atoms with Crippen molar-refractivity contribution in [1.82, 2.24) is 10.2 Å². The topological polar surface area (TPSA) is 45.5 Å². The number of nitrogens with one attached hydrogen (secondary N) is 1. The average Bonchev–Trinajstić information content (AvgIpc) is 3.19. The van der Waals surface area contributed by atoms with Crippen LogP contribution in [0.15, 0.2) is 52.0 Å². The van der Waals surface area contributed by atoms with Gasteiger partial charge in [-0.05, 0) is 69.3 Å². The van der Waals surface area contributed by atoms with Crippen molar-refractivity contribution in [2.75, 3.05) is 19.6 Å². The molecule has 1 amide bonds. The Morgan fingerprint density at radius 2 is 1.96 bits per heavy atom. The fourth-order valence-electron chi connectivity index (χ4n) is 3.23. The second kappa shape index (κ2) is 9.49. The zero-order valence-electron chi connectivity index (χ0n) is 15.0. The SMILES string of the molecule is C[C@H](Sc1ccc(Cl)cc1)C(=O)NC[C@H](c1ccco1)N1CCCCC1. The van der Waals surface area contributed by atoms with E-state index >= 15 is 0 Å². The zero-order valence-corrected chi connectivity index (χ0v) is 16.6. The summed E-state index contributed by atoms with van der Waals surface area (Å²) in [7, 11) is 0. The van der Waals surface area contributed by atoms with Gasteiger partial charge in [0.1, 0.15) is 5.76 Å². The number of piperidine rings is 1. The largest absolute Gasteiger partial charge is 0.468 e. The molecule has 1 aliphatic heterocycles. The van der Waals surface area contributed by atoms with E-state index in [2.05, 4.69) is 10.2 Å². The average molecular weight is 393 g/mol. The molecule has 4 nitrogen and oxygen atoms in total. The highest BCUT2D eigenvalue weighted by Gasteiger charge is 2.25. The summed E-state index contributed by atoms with van der Waals surface area (Å²) in [5, 5.41) is 3.64. The molecule has 3 rings (SSSR count). The Labute approximate surface area is 164 Å². The fraction of sp³-hybridized carbons (Fsp3) is 0.450. The first-order valence-corrected chi connectivity index (χ1v) is 10.4. The Kier molecular flexibility index (Phi) is 7.06. The van der Waals surface area contributed by atoms with E-state index in [-0.39, 0.29) is 17.2 Å². The van der Waals surface area contributed by atoms with Crippen molar-refractivity contribution >= 4 is 29.3 Å². The first-order chi connectivity index (χ1) is 12.6. The predicted molar refractivity (Wildman–Crippen MR) is 107 cm³/mol. The molecule has 0 unspecified atom stereocenters. The van der Waals surface area contributed by atoms with Gasteiger partial charge in [-0.2, -0.15) is 0 Å². The molecule has 1 N–H and O–H groups in total. The molecule has 0 spiro atoms. The van der Waals surface area contributed by atoms with E-state index in [1.807, 2.05) is 43.3 Å². The van der Waals surface area contributed by atoms with Crippen molar-refractivity contribution in [2.45, 2.75) is 42.4 Å². The quantitative estimate of drug-likeness (QED) is 0.690. The van der Waals surface area contributed by atoms with Gasteiger partial charge in [0.15, 0.2) is 0 Å². The molecule has 1 saturated heterocycles. The number of nitrogens with zero attached hydrogens (tertiary/aromatic N) is 1. The minimum atomic E-state index is -0.171. The van der Waals surface area contributed by atoms with Crippen molar-refractivity contribution in [3.63, 3.8) is 0 Å². The molecule has 2 aromatic rings. The summed E-state index contributed by atoms with van der Waals surface area (Å²) in [6.07, 6.45) is 5.39. The van der Waals surface area contributed by atoms with Gasteiger partial charge in [0.05, 0.1) is 17.6 Å². The van der Waals surface area contributed by atoms with Crippen LogP contribution in [-0.2, 0) is 4.79 Å². The van der Waals surface area contributed by atoms with Crippen LogP contribution in [0.3, 0.4) is 0 Å². The number of furan rings is 1. The number of benzene rings is 1. The number of hydrogen-bond acceptors (Lipinski definition) is 4. The van der Waals surface area contributed by atoms with Crippen LogP contribution < -0.4 is 5.32 Å². The van der Waals surface area contributed by atoms with Gasteiger partial charge in [-0.15, -0.1) is 11.8 Å². The monoisotopic (exact) mass is 392 g/mol. The molecular formula is C20H25ClN2O2S. The van der Waals surface area contributed by atoms with Crippen LogP contribution in [0.1, 0.15) is 38.0 Å². The molecule has 2 heterocycles. The summed E-state index contributed by atoms with van der Waals surface area (Å²) in [4.78, 5) is 16.0. The molecule has 1 aliphatic rings. The summed E-state index contributed by atoms with van der Waals surface area (Å²) in [6, 6.07) is 11.6. The first kappa shape index (κ1) is 19.3. The molecular weight excluding hydrogens is 368 g/mol. The van der Waals surface area contributed by atoms with Gasteiger partial charge in [0.25, 0.3) is 0 Å². The third kappa shape index (κ3) is 5.29. The van der Waals surface area contributed by atoms with Gasteiger partial charge in [-0.25, -0.2) is 0 Å². The number of amides is 1.